The second-order valence-electron chi connectivity index (χ2n) is 9.90. The fourth-order valence-corrected chi connectivity index (χ4v) is 3.78. The highest BCUT2D eigenvalue weighted by Crippen LogP contribution is 2.15. The standard InChI is InChI=1S/C14H20BrN3O2.C14H21N3O3.C2H3BrO2/c1-10(3-2-8-17-14(16)20)13(19)18-12-6-4-11(9-15)5-7-12;1-10(3-2-8-16-14(15)20)13(19)17-12-6-4-11(9-18)5-7-12;1-2(4)5-3/h4-7,10H,2-3,8-9H2,1H3,(H,18,19)(H3,16,17,20);4-7,10,18H,2-3,8-9H2,1H3,(H,17,19)(H3,15,16,20);1H3/t2*10-;/m00./s1. The highest BCUT2D eigenvalue weighted by atomic mass is 79.9. The van der Waals surface area contributed by atoms with E-state index in [2.05, 4.69) is 57.3 Å². The highest BCUT2D eigenvalue weighted by molar-refractivity contribution is 9.08. The van der Waals surface area contributed by atoms with Gasteiger partial charge in [0.05, 0.1) is 6.61 Å². The molecule has 250 valence electrons. The largest absolute Gasteiger partial charge is 0.392 e. The number of halogens is 2. The number of aliphatic hydroxyl groups is 1. The third kappa shape index (κ3) is 21.6. The van der Waals surface area contributed by atoms with Gasteiger partial charge in [0.25, 0.3) is 0 Å². The van der Waals surface area contributed by atoms with Crippen LogP contribution in [-0.4, -0.2) is 48.0 Å². The third-order valence-electron chi connectivity index (χ3n) is 6.01. The maximum Gasteiger partial charge on any atom is 0.314 e. The quantitative estimate of drug-likeness (QED) is 0.107. The SMILES string of the molecule is CC(=O)OBr.C[C@@H](CCCNC(N)=O)C(=O)Nc1ccc(CBr)cc1.C[C@@H](CCCNC(N)=O)C(=O)Nc1ccc(CO)cc1. The van der Waals surface area contributed by atoms with Crippen molar-refractivity contribution in [3.8, 4) is 0 Å². The van der Waals surface area contributed by atoms with Gasteiger partial charge in [0, 0.05) is 48.6 Å². The second-order valence-corrected chi connectivity index (χ2v) is 10.8. The van der Waals surface area contributed by atoms with Crippen LogP contribution >= 0.6 is 32.2 Å². The lowest BCUT2D eigenvalue weighted by molar-refractivity contribution is -0.130. The van der Waals surface area contributed by atoms with E-state index >= 15 is 0 Å². The van der Waals surface area contributed by atoms with Gasteiger partial charge in [-0.15, -0.1) is 0 Å². The van der Waals surface area contributed by atoms with Gasteiger partial charge in [0.2, 0.25) is 11.8 Å². The molecule has 0 aliphatic heterocycles. The van der Waals surface area contributed by atoms with Crippen LogP contribution in [0.2, 0.25) is 0 Å². The van der Waals surface area contributed by atoms with Crippen LogP contribution in [0.3, 0.4) is 0 Å². The van der Waals surface area contributed by atoms with Crippen LogP contribution in [0.5, 0.6) is 0 Å². The Bertz CT molecular complexity index is 1100. The monoisotopic (exact) mass is 758 g/mol. The molecule has 0 aliphatic carbocycles. The van der Waals surface area contributed by atoms with Gasteiger partial charge in [-0.3, -0.25) is 14.4 Å². The summed E-state index contributed by atoms with van der Waals surface area (Å²) >= 11 is 5.84. The van der Waals surface area contributed by atoms with Crippen LogP contribution in [0.4, 0.5) is 21.0 Å². The van der Waals surface area contributed by atoms with E-state index < -0.39 is 12.1 Å². The Morgan fingerprint density at radius 3 is 1.40 bits per heavy atom. The summed E-state index contributed by atoms with van der Waals surface area (Å²) in [5, 5.41) is 20.4. The average Bonchev–Trinajstić information content (AvgIpc) is 3.02. The first-order valence-corrected chi connectivity index (χ1v) is 15.9. The molecule has 2 aromatic rings. The molecule has 9 N–H and O–H groups in total. The first-order valence-electron chi connectivity index (χ1n) is 14.1. The molecule has 13 nitrogen and oxygen atoms in total. The van der Waals surface area contributed by atoms with Crippen molar-refractivity contribution in [2.24, 2.45) is 23.3 Å². The molecule has 0 spiro atoms. The first-order chi connectivity index (χ1) is 21.3. The molecule has 15 heteroatoms. The molecule has 0 aliphatic rings. The van der Waals surface area contributed by atoms with Crippen molar-refractivity contribution in [1.29, 1.82) is 0 Å². The van der Waals surface area contributed by atoms with Crippen molar-refractivity contribution < 1.29 is 32.9 Å². The fourth-order valence-electron chi connectivity index (χ4n) is 3.40. The molecule has 0 bridgehead atoms. The van der Waals surface area contributed by atoms with E-state index in [-0.39, 0.29) is 36.2 Å². The lowest BCUT2D eigenvalue weighted by Crippen LogP contribution is -2.30. The van der Waals surface area contributed by atoms with Crippen LogP contribution < -0.4 is 32.7 Å². The van der Waals surface area contributed by atoms with Crippen LogP contribution in [0.25, 0.3) is 0 Å². The lowest BCUT2D eigenvalue weighted by atomic mass is 10.0. The number of nitrogens with one attached hydrogen (secondary N) is 4. The Hall–Kier alpha value is -3.69. The zero-order chi connectivity index (χ0) is 34.2. The van der Waals surface area contributed by atoms with Crippen molar-refractivity contribution in [3.63, 3.8) is 0 Å². The molecule has 0 radical (unpaired) electrons. The Morgan fingerprint density at radius 2 is 1.11 bits per heavy atom. The minimum absolute atomic E-state index is 0.0164. The number of hydrogen-bond donors (Lipinski definition) is 7. The summed E-state index contributed by atoms with van der Waals surface area (Å²) in [6.07, 6.45) is 2.79. The third-order valence-corrected chi connectivity index (χ3v) is 7.11. The zero-order valence-corrected chi connectivity index (χ0v) is 28.9. The van der Waals surface area contributed by atoms with E-state index in [0.29, 0.717) is 38.0 Å². The number of carbonyl (C=O) groups excluding carboxylic acids is 5. The molecule has 2 rings (SSSR count). The summed E-state index contributed by atoms with van der Waals surface area (Å²) in [7, 11) is 0. The van der Waals surface area contributed by atoms with Crippen molar-refractivity contribution >= 4 is 73.4 Å². The molecule has 0 saturated heterocycles. The number of anilines is 2. The molecule has 2 aromatic carbocycles. The number of alkyl halides is 1. The van der Waals surface area contributed by atoms with E-state index in [9.17, 15) is 24.0 Å². The van der Waals surface area contributed by atoms with Gasteiger partial charge in [-0.2, -0.15) is 0 Å². The number of hydrogen-bond acceptors (Lipinski definition) is 7. The maximum absolute atomic E-state index is 12.0. The predicted molar refractivity (Wildman–Crippen MR) is 181 cm³/mol. The van der Waals surface area contributed by atoms with Crippen molar-refractivity contribution in [2.75, 3.05) is 23.7 Å². The Kier molecular flexibility index (Phi) is 22.6. The minimum atomic E-state index is -0.550. The van der Waals surface area contributed by atoms with E-state index in [4.69, 9.17) is 16.6 Å². The van der Waals surface area contributed by atoms with Crippen LogP contribution in [0.1, 0.15) is 57.6 Å². The van der Waals surface area contributed by atoms with E-state index in [1.54, 1.807) is 24.3 Å². The van der Waals surface area contributed by atoms with Gasteiger partial charge in [-0.1, -0.05) is 54.0 Å². The number of nitrogens with two attached hydrogens (primary N) is 2. The number of benzene rings is 2. The summed E-state index contributed by atoms with van der Waals surface area (Å²) < 4.78 is 3.92. The minimum Gasteiger partial charge on any atom is -0.392 e. The number of rotatable bonds is 14. The maximum atomic E-state index is 12.0. The normalized spacial score (nSPS) is 11.2. The van der Waals surface area contributed by atoms with Gasteiger partial charge in [-0.05, 0) is 61.1 Å². The number of amides is 6. The van der Waals surface area contributed by atoms with Gasteiger partial charge >= 0.3 is 18.0 Å². The number of aliphatic hydroxyl groups excluding tert-OH is 1. The highest BCUT2D eigenvalue weighted by Gasteiger charge is 2.13. The molecule has 6 amide bonds. The topological polar surface area (TPSA) is 215 Å². The number of urea groups is 2. The Morgan fingerprint density at radius 1 is 0.756 bits per heavy atom. The van der Waals surface area contributed by atoms with Gasteiger partial charge in [-0.25, -0.2) is 9.59 Å². The van der Waals surface area contributed by atoms with Gasteiger partial charge < -0.3 is 41.7 Å². The summed E-state index contributed by atoms with van der Waals surface area (Å²) in [6, 6.07) is 13.6. The Labute approximate surface area is 281 Å². The van der Waals surface area contributed by atoms with Crippen molar-refractivity contribution in [3.05, 3.63) is 59.7 Å². The predicted octanol–water partition coefficient (Wildman–Crippen LogP) is 4.67. The molecule has 0 fully saturated rings. The van der Waals surface area contributed by atoms with Crippen LogP contribution in [0, 0.1) is 11.8 Å². The van der Waals surface area contributed by atoms with Crippen LogP contribution in [0.15, 0.2) is 48.5 Å². The molecule has 0 heterocycles. The average molecular weight is 761 g/mol. The zero-order valence-electron chi connectivity index (χ0n) is 25.7. The lowest BCUT2D eigenvalue weighted by Gasteiger charge is -2.12. The summed E-state index contributed by atoms with van der Waals surface area (Å²) in [4.78, 5) is 54.4. The van der Waals surface area contributed by atoms with Crippen LogP contribution in [-0.2, 0) is 30.1 Å². The Balaban J connectivity index is 0.000000748. The van der Waals surface area contributed by atoms with E-state index in [1.807, 2.05) is 38.1 Å². The smallest absolute Gasteiger partial charge is 0.314 e. The van der Waals surface area contributed by atoms with Crippen molar-refractivity contribution in [2.45, 2.75) is 58.4 Å². The summed E-state index contributed by atoms with van der Waals surface area (Å²) in [6.45, 7) is 5.96. The molecular formula is C30H44Br2N6O7. The molecule has 45 heavy (non-hydrogen) atoms. The summed E-state index contributed by atoms with van der Waals surface area (Å²) in [5.41, 5.74) is 13.4. The molecular weight excluding hydrogens is 716 g/mol. The second kappa shape index (κ2) is 24.6. The number of primary amides is 2. The molecule has 2 atom stereocenters. The van der Waals surface area contributed by atoms with Gasteiger partial charge in [0.1, 0.15) is 0 Å². The van der Waals surface area contributed by atoms with E-state index in [0.717, 1.165) is 28.6 Å². The fraction of sp³-hybridized carbons (Fsp3) is 0.433. The summed E-state index contributed by atoms with van der Waals surface area (Å²) in [5.74, 6) is -0.677. The first kappa shape index (κ1) is 41.3. The van der Waals surface area contributed by atoms with Crippen molar-refractivity contribution in [1.82, 2.24) is 10.6 Å². The molecule has 0 unspecified atom stereocenters. The van der Waals surface area contributed by atoms with E-state index in [1.165, 1.54) is 6.92 Å². The number of carbonyl (C=O) groups is 5. The molecule has 0 aromatic heterocycles. The van der Waals surface area contributed by atoms with Gasteiger partial charge in [0.15, 0.2) is 16.3 Å². The molecule has 0 saturated carbocycles.